The van der Waals surface area contributed by atoms with E-state index in [1.165, 1.54) is 38.5 Å². The fraction of sp³-hybridized carbons (Fsp3) is 0.654. The Kier molecular flexibility index (Phi) is 44.6. The van der Waals surface area contributed by atoms with Gasteiger partial charge in [0, 0.05) is 13.0 Å². The van der Waals surface area contributed by atoms with Crippen LogP contribution in [0.25, 0.3) is 0 Å². The van der Waals surface area contributed by atoms with E-state index in [-0.39, 0.29) is 13.0 Å². The molecule has 3 atom stereocenters. The molecule has 4 N–H and O–H groups in total. The topological polar surface area (TPSA) is 155 Å². The van der Waals surface area contributed by atoms with Crippen molar-refractivity contribution in [3.63, 3.8) is 0 Å². The van der Waals surface area contributed by atoms with Gasteiger partial charge >= 0.3 is 19.8 Å². The van der Waals surface area contributed by atoms with Gasteiger partial charge < -0.3 is 25.2 Å². The van der Waals surface area contributed by atoms with Gasteiger partial charge in [-0.2, -0.15) is 0 Å². The van der Waals surface area contributed by atoms with Gasteiger partial charge in [-0.15, -0.1) is 0 Å². The largest absolute Gasteiger partial charge is 0.480 e. The van der Waals surface area contributed by atoms with Crippen LogP contribution >= 0.6 is 7.82 Å². The summed E-state index contributed by atoms with van der Waals surface area (Å²) in [6.07, 6.45) is 61.7. The number of phosphoric acid groups is 1. The normalized spacial score (nSPS) is 14.6. The highest BCUT2D eigenvalue weighted by atomic mass is 31.2. The first-order valence-electron chi connectivity index (χ1n) is 24.3. The fourth-order valence-corrected chi connectivity index (χ4v) is 6.88. The summed E-state index contributed by atoms with van der Waals surface area (Å²) in [5.74, 6) is -1.81. The Bertz CT molecular complexity index is 1370. The SMILES string of the molecule is CC/C=C\C/C=C\C/C=C\C/C=C\C/C=C\CCCCCCOCC(COP(=O)(O)OCC(N)C(=O)O)OC(=O)CCCCCCCC/C=C\C/C=C\C/C=C\CCCCCCC. The molecule has 0 aromatic rings. The maximum atomic E-state index is 12.7. The van der Waals surface area contributed by atoms with Crippen LogP contribution in [0.4, 0.5) is 0 Å². The Morgan fingerprint density at radius 2 is 0.921 bits per heavy atom. The molecule has 0 heterocycles. The highest BCUT2D eigenvalue weighted by Gasteiger charge is 2.27. The molecule has 3 unspecified atom stereocenters. The molecule has 11 heteroatoms. The van der Waals surface area contributed by atoms with Gasteiger partial charge in [-0.25, -0.2) is 4.57 Å². The van der Waals surface area contributed by atoms with Crippen LogP contribution in [0.15, 0.2) is 97.2 Å². The van der Waals surface area contributed by atoms with E-state index in [1.807, 2.05) is 0 Å². The van der Waals surface area contributed by atoms with Crippen LogP contribution < -0.4 is 5.73 Å². The van der Waals surface area contributed by atoms with Gasteiger partial charge in [0.05, 0.1) is 19.8 Å². The molecule has 0 amide bonds. The van der Waals surface area contributed by atoms with Gasteiger partial charge in [0.1, 0.15) is 12.1 Å². The summed E-state index contributed by atoms with van der Waals surface area (Å²) in [5.41, 5.74) is 5.37. The number of phosphoric ester groups is 1. The van der Waals surface area contributed by atoms with Gasteiger partial charge in [-0.3, -0.25) is 18.6 Å². The zero-order valence-corrected chi connectivity index (χ0v) is 40.3. The van der Waals surface area contributed by atoms with E-state index in [0.29, 0.717) is 13.0 Å². The zero-order valence-electron chi connectivity index (χ0n) is 39.4. The number of carbonyl (C=O) groups excluding carboxylic acids is 1. The number of ether oxygens (including phenoxy) is 2. The lowest BCUT2D eigenvalue weighted by atomic mass is 10.1. The second-order valence-corrected chi connectivity index (χ2v) is 17.3. The van der Waals surface area contributed by atoms with Gasteiger partial charge in [0.2, 0.25) is 0 Å². The van der Waals surface area contributed by atoms with Crippen LogP contribution in [0.3, 0.4) is 0 Å². The summed E-state index contributed by atoms with van der Waals surface area (Å²) >= 11 is 0. The maximum Gasteiger partial charge on any atom is 0.472 e. The highest BCUT2D eigenvalue weighted by Crippen LogP contribution is 2.43. The van der Waals surface area contributed by atoms with Gasteiger partial charge in [0.15, 0.2) is 0 Å². The maximum absolute atomic E-state index is 12.7. The van der Waals surface area contributed by atoms with Crippen LogP contribution in [0, 0.1) is 0 Å². The molecule has 0 rings (SSSR count). The third-order valence-electron chi connectivity index (χ3n) is 9.85. The number of hydrogen-bond donors (Lipinski definition) is 3. The Balaban J connectivity index is 4.29. The Morgan fingerprint density at radius 1 is 0.524 bits per heavy atom. The third-order valence-corrected chi connectivity index (χ3v) is 10.8. The summed E-state index contributed by atoms with van der Waals surface area (Å²) in [6, 6.07) is -1.49. The number of aliphatic carboxylic acids is 1. The van der Waals surface area contributed by atoms with Crippen LogP contribution in [-0.4, -0.2) is 60.5 Å². The van der Waals surface area contributed by atoms with E-state index < -0.39 is 45.1 Å². The van der Waals surface area contributed by atoms with E-state index in [0.717, 1.165) is 116 Å². The summed E-state index contributed by atoms with van der Waals surface area (Å²) < 4.78 is 33.4. The number of unbranched alkanes of at least 4 members (excludes halogenated alkanes) is 15. The Labute approximate surface area is 383 Å². The first kappa shape index (κ1) is 59.9. The first-order chi connectivity index (χ1) is 30.7. The van der Waals surface area contributed by atoms with Crippen molar-refractivity contribution in [2.45, 2.75) is 193 Å². The predicted octanol–water partition coefficient (Wildman–Crippen LogP) is 14.1. The lowest BCUT2D eigenvalue weighted by molar-refractivity contribution is -0.154. The minimum Gasteiger partial charge on any atom is -0.480 e. The van der Waals surface area contributed by atoms with Crippen LogP contribution in [0.2, 0.25) is 0 Å². The average molecular weight is 902 g/mol. The first-order valence-corrected chi connectivity index (χ1v) is 25.8. The van der Waals surface area contributed by atoms with Crippen molar-refractivity contribution in [1.29, 1.82) is 0 Å². The van der Waals surface area contributed by atoms with Gasteiger partial charge in [-0.05, 0) is 96.3 Å². The summed E-state index contributed by atoms with van der Waals surface area (Å²) in [6.45, 7) is 3.67. The average Bonchev–Trinajstić information content (AvgIpc) is 3.26. The fourth-order valence-electron chi connectivity index (χ4n) is 6.11. The second kappa shape index (κ2) is 46.9. The molecule has 63 heavy (non-hydrogen) atoms. The van der Waals surface area contributed by atoms with Crippen LogP contribution in [0.1, 0.15) is 181 Å². The molecule has 0 aromatic heterocycles. The molecule has 0 radical (unpaired) electrons. The van der Waals surface area contributed by atoms with Gasteiger partial charge in [-0.1, -0.05) is 175 Å². The van der Waals surface area contributed by atoms with E-state index in [9.17, 15) is 19.0 Å². The molecule has 0 spiro atoms. The lowest BCUT2D eigenvalue weighted by Crippen LogP contribution is -2.34. The second-order valence-electron chi connectivity index (χ2n) is 15.9. The van der Waals surface area contributed by atoms with Crippen LogP contribution in [0.5, 0.6) is 0 Å². The predicted molar refractivity (Wildman–Crippen MR) is 263 cm³/mol. The number of carboxylic acids is 1. The summed E-state index contributed by atoms with van der Waals surface area (Å²) in [4.78, 5) is 33.7. The van der Waals surface area contributed by atoms with Crippen molar-refractivity contribution in [2.24, 2.45) is 5.73 Å². The molecule has 360 valence electrons. The van der Waals surface area contributed by atoms with Crippen molar-refractivity contribution < 1.29 is 42.7 Å². The van der Waals surface area contributed by atoms with Crippen LogP contribution in [-0.2, 0) is 32.7 Å². The minimum absolute atomic E-state index is 0.0121. The molecule has 0 bridgehead atoms. The molecule has 0 saturated carbocycles. The van der Waals surface area contributed by atoms with Crippen molar-refractivity contribution in [3.05, 3.63) is 97.2 Å². The lowest BCUT2D eigenvalue weighted by Gasteiger charge is -2.20. The molecule has 0 aliphatic carbocycles. The third kappa shape index (κ3) is 46.7. The Morgan fingerprint density at radius 3 is 1.38 bits per heavy atom. The highest BCUT2D eigenvalue weighted by molar-refractivity contribution is 7.47. The molecule has 10 nitrogen and oxygen atoms in total. The zero-order chi connectivity index (χ0) is 46.2. The molecule has 0 aliphatic rings. The number of nitrogens with two attached hydrogens (primary N) is 1. The number of hydrogen-bond acceptors (Lipinski definition) is 8. The molecule has 0 fully saturated rings. The molecule has 0 saturated heterocycles. The van der Waals surface area contributed by atoms with Gasteiger partial charge in [0.25, 0.3) is 0 Å². The smallest absolute Gasteiger partial charge is 0.472 e. The van der Waals surface area contributed by atoms with E-state index >= 15 is 0 Å². The van der Waals surface area contributed by atoms with E-state index in [2.05, 4.69) is 111 Å². The Hall–Kier alpha value is -3.11. The van der Waals surface area contributed by atoms with Crippen molar-refractivity contribution >= 4 is 19.8 Å². The monoisotopic (exact) mass is 902 g/mol. The number of allylic oxidation sites excluding steroid dienone is 16. The van der Waals surface area contributed by atoms with E-state index in [4.69, 9.17) is 29.4 Å². The molecular formula is C52H88NO9P. The quantitative estimate of drug-likeness (QED) is 0.0233. The van der Waals surface area contributed by atoms with Crippen molar-refractivity contribution in [2.75, 3.05) is 26.4 Å². The summed E-state index contributed by atoms with van der Waals surface area (Å²) in [7, 11) is -4.64. The van der Waals surface area contributed by atoms with Crippen molar-refractivity contribution in [3.8, 4) is 0 Å². The molecule has 0 aromatic carbocycles. The van der Waals surface area contributed by atoms with Crippen molar-refractivity contribution in [1.82, 2.24) is 0 Å². The number of esters is 1. The summed E-state index contributed by atoms with van der Waals surface area (Å²) in [5, 5.41) is 8.92. The number of carbonyl (C=O) groups is 2. The van der Waals surface area contributed by atoms with E-state index in [1.54, 1.807) is 0 Å². The molecular weight excluding hydrogens is 814 g/mol. The minimum atomic E-state index is -4.64. The standard InChI is InChI=1S/C52H88NO9P/c1-3-5-7-9-11-13-15-17-19-21-23-25-26-28-30-32-34-36-38-40-42-44-51(54)62-49(47-60-63(57,58)61-48-50(53)52(55)56)46-59-45-43-41-39-37-35-33-31-29-27-24-22-20-18-16-14-12-10-8-6-4-2/h6,8,12,14-15,17-18,20-21,23-24,26-28,31,33,49-50H,3-5,7,9-11,13,16,19,22,25,29-30,32,34-48,53H2,1-2H3,(H,55,56)(H,57,58)/b8-6-,14-12-,17-15-,20-18-,23-21-,27-24-,28-26-,33-31-. The number of rotatable bonds is 45. The number of carboxylic acid groups (broad SMARTS) is 1. The molecule has 0 aliphatic heterocycles.